The normalized spacial score (nSPS) is 17.5. The maximum absolute atomic E-state index is 12.1. The van der Waals surface area contributed by atoms with E-state index in [4.69, 9.17) is 15.2 Å². The molecule has 1 saturated carbocycles. The summed E-state index contributed by atoms with van der Waals surface area (Å²) in [6.07, 6.45) is 5.80. The highest BCUT2D eigenvalue weighted by Gasteiger charge is 2.34. The number of halogens is 1. The molecule has 0 aliphatic heterocycles. The second-order valence-corrected chi connectivity index (χ2v) is 6.35. The second kappa shape index (κ2) is 9.87. The summed E-state index contributed by atoms with van der Waals surface area (Å²) in [6.45, 7) is 0.858. The molecule has 0 bridgehead atoms. The van der Waals surface area contributed by atoms with Crippen LogP contribution in [-0.4, -0.2) is 39.3 Å². The number of nitrogens with two attached hydrogens (primary N) is 1. The number of benzene rings is 1. The molecule has 0 heterocycles. The fourth-order valence-corrected chi connectivity index (χ4v) is 3.38. The average molecular weight is 357 g/mol. The van der Waals surface area contributed by atoms with Crippen LogP contribution in [0.2, 0.25) is 0 Å². The molecule has 1 aliphatic rings. The first-order chi connectivity index (χ1) is 11.1. The lowest BCUT2D eigenvalue weighted by Gasteiger charge is -2.38. The van der Waals surface area contributed by atoms with E-state index in [2.05, 4.69) is 17.4 Å². The van der Waals surface area contributed by atoms with Gasteiger partial charge in [0.05, 0.1) is 13.7 Å². The minimum absolute atomic E-state index is 0. The molecule has 0 spiro atoms. The number of ether oxygens (including phenoxy) is 2. The summed E-state index contributed by atoms with van der Waals surface area (Å²) in [5.41, 5.74) is 7.07. The molecule has 1 amide bonds. The van der Waals surface area contributed by atoms with Gasteiger partial charge in [-0.15, -0.1) is 12.4 Å². The van der Waals surface area contributed by atoms with Crippen molar-refractivity contribution in [2.45, 2.75) is 43.6 Å². The SMILES string of the molecule is COCC(N)C(=O)NCC1(c2ccc(OC)cc2)CCCCC1.Cl. The van der Waals surface area contributed by atoms with E-state index in [0.717, 1.165) is 18.6 Å². The fraction of sp³-hybridized carbons (Fsp3) is 0.611. The lowest BCUT2D eigenvalue weighted by Crippen LogP contribution is -2.49. The molecule has 6 heteroatoms. The summed E-state index contributed by atoms with van der Waals surface area (Å²) in [5.74, 6) is 0.705. The van der Waals surface area contributed by atoms with Gasteiger partial charge in [0.2, 0.25) is 5.91 Å². The maximum atomic E-state index is 12.1. The molecule has 5 nitrogen and oxygen atoms in total. The Hall–Kier alpha value is -1.30. The summed E-state index contributed by atoms with van der Waals surface area (Å²) in [4.78, 5) is 12.1. The van der Waals surface area contributed by atoms with Crippen molar-refractivity contribution in [1.29, 1.82) is 0 Å². The minimum atomic E-state index is -0.614. The summed E-state index contributed by atoms with van der Waals surface area (Å²) in [5, 5.41) is 3.03. The molecule has 1 atom stereocenters. The van der Waals surface area contributed by atoms with Gasteiger partial charge in [-0.25, -0.2) is 0 Å². The topological polar surface area (TPSA) is 73.6 Å². The van der Waals surface area contributed by atoms with Gasteiger partial charge in [-0.1, -0.05) is 31.4 Å². The van der Waals surface area contributed by atoms with Gasteiger partial charge in [0.15, 0.2) is 0 Å². The Morgan fingerprint density at radius 2 is 1.83 bits per heavy atom. The summed E-state index contributed by atoms with van der Waals surface area (Å²) in [7, 11) is 3.22. The first-order valence-electron chi connectivity index (χ1n) is 8.28. The van der Waals surface area contributed by atoms with E-state index in [1.165, 1.54) is 24.8 Å². The predicted molar refractivity (Wildman–Crippen MR) is 97.9 cm³/mol. The number of hydrogen-bond acceptors (Lipinski definition) is 4. The third-order valence-electron chi connectivity index (χ3n) is 4.80. The first-order valence-corrected chi connectivity index (χ1v) is 8.28. The zero-order chi connectivity index (χ0) is 16.7. The largest absolute Gasteiger partial charge is 0.497 e. The molecule has 0 aromatic heterocycles. The molecule has 1 aromatic carbocycles. The number of methoxy groups -OCH3 is 2. The van der Waals surface area contributed by atoms with Gasteiger partial charge in [-0.3, -0.25) is 4.79 Å². The lowest BCUT2D eigenvalue weighted by atomic mass is 9.69. The molecule has 24 heavy (non-hydrogen) atoms. The molecule has 136 valence electrons. The first kappa shape index (κ1) is 20.7. The Morgan fingerprint density at radius 3 is 2.38 bits per heavy atom. The van der Waals surface area contributed by atoms with Crippen LogP contribution in [0.15, 0.2) is 24.3 Å². The molecular formula is C18H29ClN2O3. The van der Waals surface area contributed by atoms with Crippen LogP contribution in [0.1, 0.15) is 37.7 Å². The fourth-order valence-electron chi connectivity index (χ4n) is 3.38. The second-order valence-electron chi connectivity index (χ2n) is 6.35. The smallest absolute Gasteiger partial charge is 0.239 e. The Labute approximate surface area is 150 Å². The highest BCUT2D eigenvalue weighted by molar-refractivity contribution is 5.85. The average Bonchev–Trinajstić information content (AvgIpc) is 2.60. The van der Waals surface area contributed by atoms with E-state index >= 15 is 0 Å². The van der Waals surface area contributed by atoms with Gasteiger partial charge in [-0.05, 0) is 30.5 Å². The van der Waals surface area contributed by atoms with Crippen molar-refractivity contribution < 1.29 is 14.3 Å². The maximum Gasteiger partial charge on any atom is 0.239 e. The Bertz CT molecular complexity index is 501. The van der Waals surface area contributed by atoms with Crippen LogP contribution < -0.4 is 15.8 Å². The molecule has 0 radical (unpaired) electrons. The molecule has 2 rings (SSSR count). The highest BCUT2D eigenvalue weighted by atomic mass is 35.5. The van der Waals surface area contributed by atoms with Crippen LogP contribution in [0.5, 0.6) is 5.75 Å². The number of rotatable bonds is 7. The van der Waals surface area contributed by atoms with Crippen LogP contribution in [0, 0.1) is 0 Å². The third kappa shape index (κ3) is 5.10. The Balaban J connectivity index is 0.00000288. The minimum Gasteiger partial charge on any atom is -0.497 e. The lowest BCUT2D eigenvalue weighted by molar-refractivity contribution is -0.123. The van der Waals surface area contributed by atoms with E-state index in [1.807, 2.05) is 12.1 Å². The van der Waals surface area contributed by atoms with Crippen LogP contribution in [0.4, 0.5) is 0 Å². The molecule has 0 saturated heterocycles. The number of nitrogens with one attached hydrogen (secondary N) is 1. The van der Waals surface area contributed by atoms with E-state index < -0.39 is 6.04 Å². The molecule has 1 aromatic rings. The van der Waals surface area contributed by atoms with Crippen molar-refractivity contribution >= 4 is 18.3 Å². The molecule has 1 fully saturated rings. The quantitative estimate of drug-likeness (QED) is 0.786. The van der Waals surface area contributed by atoms with Crippen molar-refractivity contribution in [1.82, 2.24) is 5.32 Å². The number of carbonyl (C=O) groups is 1. The summed E-state index contributed by atoms with van der Waals surface area (Å²) in [6, 6.07) is 7.60. The standard InChI is InChI=1S/C18H28N2O3.ClH/c1-22-12-16(19)17(21)20-13-18(10-4-3-5-11-18)14-6-8-15(23-2)9-7-14;/h6-9,16H,3-5,10-13,19H2,1-2H3,(H,20,21);1H. The monoisotopic (exact) mass is 356 g/mol. The highest BCUT2D eigenvalue weighted by Crippen LogP contribution is 2.39. The van der Waals surface area contributed by atoms with Gasteiger partial charge in [0.1, 0.15) is 11.8 Å². The van der Waals surface area contributed by atoms with Crippen molar-refractivity contribution in [2.24, 2.45) is 5.73 Å². The van der Waals surface area contributed by atoms with Gasteiger partial charge >= 0.3 is 0 Å². The molecule has 3 N–H and O–H groups in total. The molecule has 1 unspecified atom stereocenters. The van der Waals surface area contributed by atoms with Crippen molar-refractivity contribution in [3.63, 3.8) is 0 Å². The number of hydrogen-bond donors (Lipinski definition) is 2. The van der Waals surface area contributed by atoms with E-state index in [0.29, 0.717) is 6.54 Å². The Kier molecular flexibility index (Phi) is 8.53. The van der Waals surface area contributed by atoms with Crippen molar-refractivity contribution in [3.05, 3.63) is 29.8 Å². The number of carbonyl (C=O) groups excluding carboxylic acids is 1. The zero-order valence-electron chi connectivity index (χ0n) is 14.5. The van der Waals surface area contributed by atoms with Crippen molar-refractivity contribution in [3.8, 4) is 5.75 Å². The molecule has 1 aliphatic carbocycles. The Morgan fingerprint density at radius 1 is 1.21 bits per heavy atom. The molecular weight excluding hydrogens is 328 g/mol. The van der Waals surface area contributed by atoms with Crippen LogP contribution in [0.25, 0.3) is 0 Å². The summed E-state index contributed by atoms with van der Waals surface area (Å²) >= 11 is 0. The van der Waals surface area contributed by atoms with Gasteiger partial charge < -0.3 is 20.5 Å². The van der Waals surface area contributed by atoms with Crippen LogP contribution in [0.3, 0.4) is 0 Å². The van der Waals surface area contributed by atoms with Gasteiger partial charge in [-0.2, -0.15) is 0 Å². The van der Waals surface area contributed by atoms with Crippen molar-refractivity contribution in [2.75, 3.05) is 27.4 Å². The van der Waals surface area contributed by atoms with Gasteiger partial charge in [0, 0.05) is 19.1 Å². The van der Waals surface area contributed by atoms with E-state index in [-0.39, 0.29) is 30.3 Å². The predicted octanol–water partition coefficient (Wildman–Crippen LogP) is 2.41. The van der Waals surface area contributed by atoms with Crippen LogP contribution >= 0.6 is 12.4 Å². The van der Waals surface area contributed by atoms with Gasteiger partial charge in [0.25, 0.3) is 0 Å². The number of amides is 1. The summed E-state index contributed by atoms with van der Waals surface area (Å²) < 4.78 is 10.2. The van der Waals surface area contributed by atoms with Crippen LogP contribution in [-0.2, 0) is 14.9 Å². The van der Waals surface area contributed by atoms with E-state index in [9.17, 15) is 4.79 Å². The van der Waals surface area contributed by atoms with E-state index in [1.54, 1.807) is 14.2 Å². The third-order valence-corrected chi connectivity index (χ3v) is 4.80. The zero-order valence-corrected chi connectivity index (χ0v) is 15.4.